The van der Waals surface area contributed by atoms with E-state index in [-0.39, 0.29) is 5.82 Å². The van der Waals surface area contributed by atoms with Crippen molar-refractivity contribution >= 4 is 23.0 Å². The molecule has 0 aliphatic heterocycles. The van der Waals surface area contributed by atoms with Crippen LogP contribution in [-0.2, 0) is 5.75 Å². The maximum absolute atomic E-state index is 12.7. The molecule has 0 N–H and O–H groups in total. The summed E-state index contributed by atoms with van der Waals surface area (Å²) in [6.45, 7) is 0. The van der Waals surface area contributed by atoms with Crippen molar-refractivity contribution in [1.29, 1.82) is 0 Å². The van der Waals surface area contributed by atoms with E-state index in [0.29, 0.717) is 22.2 Å². The molecule has 0 unspecified atom stereocenters. The fourth-order valence-corrected chi connectivity index (χ4v) is 2.32. The lowest BCUT2D eigenvalue weighted by molar-refractivity contribution is 0.489. The zero-order valence-electron chi connectivity index (χ0n) is 9.34. The smallest absolute Gasteiger partial charge is 0.258 e. The molecule has 0 radical (unpaired) electrons. The summed E-state index contributed by atoms with van der Waals surface area (Å²) < 4.78 is 18.3. The Morgan fingerprint density at radius 2 is 2.00 bits per heavy atom. The number of oxazole rings is 1. The number of hydrogen-bond acceptors (Lipinski definition) is 4. The molecule has 1 aromatic carbocycles. The summed E-state index contributed by atoms with van der Waals surface area (Å²) in [5.74, 6) is 0.461. The van der Waals surface area contributed by atoms with Crippen LogP contribution in [0.5, 0.6) is 0 Å². The number of fused-ring (bicyclic) bond motifs is 1. The molecule has 0 amide bonds. The molecule has 0 saturated heterocycles. The normalized spacial score (nSPS) is 10.9. The average molecular weight is 260 g/mol. The first-order valence-corrected chi connectivity index (χ1v) is 6.38. The number of thioether (sulfide) groups is 1. The number of aromatic nitrogens is 2. The van der Waals surface area contributed by atoms with Gasteiger partial charge in [0.05, 0.1) is 0 Å². The number of rotatable bonds is 3. The Hall–Kier alpha value is -1.88. The molecule has 2 aromatic heterocycles. The van der Waals surface area contributed by atoms with E-state index in [1.54, 1.807) is 18.3 Å². The highest BCUT2D eigenvalue weighted by Gasteiger charge is 2.06. The maximum atomic E-state index is 12.7. The van der Waals surface area contributed by atoms with Gasteiger partial charge in [0.15, 0.2) is 11.2 Å². The molecule has 90 valence electrons. The van der Waals surface area contributed by atoms with Crippen LogP contribution in [0.25, 0.3) is 11.2 Å². The Balaban J connectivity index is 1.74. The summed E-state index contributed by atoms with van der Waals surface area (Å²) in [5.41, 5.74) is 2.31. The van der Waals surface area contributed by atoms with Crippen molar-refractivity contribution in [3.63, 3.8) is 0 Å². The molecule has 3 aromatic rings. The Bertz CT molecular complexity index is 633. The molecule has 0 bridgehead atoms. The van der Waals surface area contributed by atoms with Crippen LogP contribution < -0.4 is 0 Å². The van der Waals surface area contributed by atoms with Crippen LogP contribution >= 0.6 is 11.8 Å². The van der Waals surface area contributed by atoms with Crippen LogP contribution in [0.1, 0.15) is 5.56 Å². The number of benzene rings is 1. The summed E-state index contributed by atoms with van der Waals surface area (Å²) in [4.78, 5) is 8.36. The van der Waals surface area contributed by atoms with Crippen molar-refractivity contribution in [1.82, 2.24) is 9.97 Å². The van der Waals surface area contributed by atoms with Crippen LogP contribution in [0.15, 0.2) is 52.2 Å². The third-order valence-corrected chi connectivity index (χ3v) is 3.32. The molecule has 3 nitrogen and oxygen atoms in total. The van der Waals surface area contributed by atoms with E-state index < -0.39 is 0 Å². The Kier molecular flexibility index (Phi) is 2.98. The van der Waals surface area contributed by atoms with Crippen LogP contribution in [0, 0.1) is 5.82 Å². The van der Waals surface area contributed by atoms with Crippen LogP contribution in [0.3, 0.4) is 0 Å². The van der Waals surface area contributed by atoms with Gasteiger partial charge in [-0.05, 0) is 29.8 Å². The van der Waals surface area contributed by atoms with Crippen molar-refractivity contribution in [2.45, 2.75) is 11.0 Å². The Morgan fingerprint density at radius 1 is 1.17 bits per heavy atom. The predicted octanol–water partition coefficient (Wildman–Crippen LogP) is 3.65. The minimum absolute atomic E-state index is 0.227. The molecule has 0 aliphatic carbocycles. The molecular formula is C13H9FN2OS. The second-order valence-electron chi connectivity index (χ2n) is 3.72. The van der Waals surface area contributed by atoms with E-state index in [0.717, 1.165) is 5.56 Å². The quantitative estimate of drug-likeness (QED) is 0.674. The summed E-state index contributed by atoms with van der Waals surface area (Å²) >= 11 is 1.46. The van der Waals surface area contributed by atoms with Gasteiger partial charge < -0.3 is 4.42 Å². The predicted molar refractivity (Wildman–Crippen MR) is 67.8 cm³/mol. The van der Waals surface area contributed by atoms with Crippen molar-refractivity contribution in [2.24, 2.45) is 0 Å². The lowest BCUT2D eigenvalue weighted by Crippen LogP contribution is -1.81. The van der Waals surface area contributed by atoms with E-state index >= 15 is 0 Å². The maximum Gasteiger partial charge on any atom is 0.258 e. The largest absolute Gasteiger partial charge is 0.430 e. The zero-order valence-corrected chi connectivity index (χ0v) is 10.2. The summed E-state index contributed by atoms with van der Waals surface area (Å²) in [6.07, 6.45) is 1.68. The molecule has 2 heterocycles. The molecule has 3 rings (SSSR count). The van der Waals surface area contributed by atoms with E-state index in [1.807, 2.05) is 12.1 Å². The van der Waals surface area contributed by atoms with Crippen molar-refractivity contribution < 1.29 is 8.81 Å². The first-order chi connectivity index (χ1) is 8.81. The SMILES string of the molecule is Fc1ccc(CSc2nc3ncccc3o2)cc1. The van der Waals surface area contributed by atoms with Gasteiger partial charge >= 0.3 is 0 Å². The molecule has 0 aliphatic rings. The van der Waals surface area contributed by atoms with Gasteiger partial charge in [0.25, 0.3) is 5.22 Å². The minimum Gasteiger partial charge on any atom is -0.430 e. The van der Waals surface area contributed by atoms with Crippen molar-refractivity contribution in [3.05, 3.63) is 54.0 Å². The van der Waals surface area contributed by atoms with Gasteiger partial charge in [0, 0.05) is 11.9 Å². The fourth-order valence-electron chi connectivity index (χ4n) is 1.54. The molecule has 5 heteroatoms. The number of halogens is 1. The van der Waals surface area contributed by atoms with E-state index in [9.17, 15) is 4.39 Å². The third kappa shape index (κ3) is 2.36. The van der Waals surface area contributed by atoms with Gasteiger partial charge in [0.2, 0.25) is 0 Å². The van der Waals surface area contributed by atoms with Gasteiger partial charge in [-0.2, -0.15) is 4.98 Å². The van der Waals surface area contributed by atoms with Gasteiger partial charge in [0.1, 0.15) is 5.82 Å². The van der Waals surface area contributed by atoms with Gasteiger partial charge in [-0.3, -0.25) is 0 Å². The summed E-state index contributed by atoms with van der Waals surface area (Å²) in [5, 5.41) is 0.577. The number of hydrogen-bond donors (Lipinski definition) is 0. The monoisotopic (exact) mass is 260 g/mol. The van der Waals surface area contributed by atoms with E-state index in [4.69, 9.17) is 4.42 Å². The van der Waals surface area contributed by atoms with Crippen molar-refractivity contribution in [3.8, 4) is 0 Å². The van der Waals surface area contributed by atoms with Crippen LogP contribution in [0.2, 0.25) is 0 Å². The highest BCUT2D eigenvalue weighted by molar-refractivity contribution is 7.98. The first-order valence-electron chi connectivity index (χ1n) is 5.40. The molecule has 0 saturated carbocycles. The number of pyridine rings is 1. The summed E-state index contributed by atoms with van der Waals surface area (Å²) in [6, 6.07) is 10.0. The van der Waals surface area contributed by atoms with E-state index in [1.165, 1.54) is 23.9 Å². The third-order valence-electron chi connectivity index (χ3n) is 2.42. The first kappa shape index (κ1) is 11.2. The lowest BCUT2D eigenvalue weighted by Gasteiger charge is -1.97. The van der Waals surface area contributed by atoms with E-state index in [2.05, 4.69) is 9.97 Å². The van der Waals surface area contributed by atoms with Gasteiger partial charge in [-0.1, -0.05) is 23.9 Å². The van der Waals surface area contributed by atoms with Crippen LogP contribution in [-0.4, -0.2) is 9.97 Å². The zero-order chi connectivity index (χ0) is 12.4. The molecule has 18 heavy (non-hydrogen) atoms. The highest BCUT2D eigenvalue weighted by Crippen LogP contribution is 2.25. The topological polar surface area (TPSA) is 38.9 Å². The summed E-state index contributed by atoms with van der Waals surface area (Å²) in [7, 11) is 0. The van der Waals surface area contributed by atoms with Crippen LogP contribution in [0.4, 0.5) is 4.39 Å². The molecular weight excluding hydrogens is 251 g/mol. The van der Waals surface area contributed by atoms with Gasteiger partial charge in [-0.15, -0.1) is 0 Å². The van der Waals surface area contributed by atoms with Gasteiger partial charge in [-0.25, -0.2) is 9.37 Å². The Morgan fingerprint density at radius 3 is 2.78 bits per heavy atom. The van der Waals surface area contributed by atoms with Crippen molar-refractivity contribution in [2.75, 3.05) is 0 Å². The molecule has 0 fully saturated rings. The minimum atomic E-state index is -0.227. The fraction of sp³-hybridized carbons (Fsp3) is 0.0769. The Labute approximate surface area is 107 Å². The highest BCUT2D eigenvalue weighted by atomic mass is 32.2. The molecule has 0 spiro atoms. The second kappa shape index (κ2) is 4.78. The lowest BCUT2D eigenvalue weighted by atomic mass is 10.2. The standard InChI is InChI=1S/C13H9FN2OS/c14-10-5-3-9(4-6-10)8-18-13-16-12-11(17-13)2-1-7-15-12/h1-7H,8H2. The number of nitrogens with zero attached hydrogens (tertiary/aromatic N) is 2. The molecule has 0 atom stereocenters. The average Bonchev–Trinajstić information content (AvgIpc) is 2.81. The second-order valence-corrected chi connectivity index (χ2v) is 4.65.